The Balaban J connectivity index is 1.78. The number of hydrazone groups is 1. The molecule has 0 amide bonds. The minimum absolute atomic E-state index is 0.236. The molecule has 4 nitrogen and oxygen atoms in total. The molecule has 0 radical (unpaired) electrons. The third-order valence-corrected chi connectivity index (χ3v) is 5.06. The molecule has 1 aliphatic rings. The zero-order valence-corrected chi connectivity index (χ0v) is 16.4. The van der Waals surface area contributed by atoms with Crippen LogP contribution in [0.15, 0.2) is 65.8 Å². The van der Waals surface area contributed by atoms with E-state index in [-0.39, 0.29) is 6.04 Å². The normalized spacial score (nSPS) is 16.2. The van der Waals surface area contributed by atoms with E-state index in [1.807, 2.05) is 6.07 Å². The van der Waals surface area contributed by atoms with Crippen LogP contribution in [0.4, 0.5) is 0 Å². The number of rotatable bonds is 4. The molecule has 1 unspecified atom stereocenters. The summed E-state index contributed by atoms with van der Waals surface area (Å²) in [6.07, 6.45) is 5.06. The lowest BCUT2D eigenvalue weighted by molar-refractivity contribution is 0.354. The van der Waals surface area contributed by atoms with Crippen molar-refractivity contribution in [2.75, 3.05) is 14.2 Å². The molecule has 1 aliphatic heterocycles. The molecule has 0 aliphatic carbocycles. The second kappa shape index (κ2) is 7.77. The molecule has 1 heterocycles. The van der Waals surface area contributed by atoms with Crippen LogP contribution in [-0.4, -0.2) is 26.0 Å². The van der Waals surface area contributed by atoms with Gasteiger partial charge in [-0.2, -0.15) is 5.10 Å². The van der Waals surface area contributed by atoms with E-state index < -0.39 is 0 Å². The van der Waals surface area contributed by atoms with Gasteiger partial charge in [-0.05, 0) is 53.5 Å². The van der Waals surface area contributed by atoms with Crippen molar-refractivity contribution in [1.82, 2.24) is 5.43 Å². The lowest BCUT2D eigenvalue weighted by atomic mass is 9.96. The summed E-state index contributed by atoms with van der Waals surface area (Å²) in [6, 6.07) is 19.0. The molecule has 0 saturated carbocycles. The smallest absolute Gasteiger partial charge is 0.161 e. The molecule has 28 heavy (non-hydrogen) atoms. The lowest BCUT2D eigenvalue weighted by Crippen LogP contribution is -2.21. The van der Waals surface area contributed by atoms with Crippen LogP contribution < -0.4 is 14.9 Å². The number of hydrogen-bond acceptors (Lipinski definition) is 4. The first-order valence-electron chi connectivity index (χ1n) is 9.44. The predicted molar refractivity (Wildman–Crippen MR) is 115 cm³/mol. The topological polar surface area (TPSA) is 42.9 Å². The quantitative estimate of drug-likeness (QED) is 0.715. The van der Waals surface area contributed by atoms with Gasteiger partial charge in [-0.15, -0.1) is 0 Å². The van der Waals surface area contributed by atoms with Gasteiger partial charge < -0.3 is 14.9 Å². The van der Waals surface area contributed by atoms with Gasteiger partial charge in [0.05, 0.1) is 19.9 Å². The molecular weight excluding hydrogens is 348 g/mol. The SMILES string of the molecule is COc1cc2c(cc1OC)C(/C=C/c1cccc3ccccc13)=NNC(C)C2. The number of methoxy groups -OCH3 is 2. The Labute approximate surface area is 165 Å². The molecule has 0 aromatic heterocycles. The second-order valence-corrected chi connectivity index (χ2v) is 7.00. The van der Waals surface area contributed by atoms with Crippen molar-refractivity contribution in [3.05, 3.63) is 77.4 Å². The highest BCUT2D eigenvalue weighted by Gasteiger charge is 2.19. The van der Waals surface area contributed by atoms with Gasteiger partial charge >= 0.3 is 0 Å². The van der Waals surface area contributed by atoms with Crippen LogP contribution in [0.1, 0.15) is 23.6 Å². The van der Waals surface area contributed by atoms with Crippen LogP contribution >= 0.6 is 0 Å². The molecule has 142 valence electrons. The second-order valence-electron chi connectivity index (χ2n) is 7.00. The van der Waals surface area contributed by atoms with Crippen LogP contribution in [0.5, 0.6) is 11.5 Å². The first-order valence-corrected chi connectivity index (χ1v) is 9.44. The fourth-order valence-corrected chi connectivity index (χ4v) is 3.64. The summed E-state index contributed by atoms with van der Waals surface area (Å²) in [4.78, 5) is 0. The number of fused-ring (bicyclic) bond motifs is 2. The summed E-state index contributed by atoms with van der Waals surface area (Å²) in [7, 11) is 3.32. The molecule has 0 fully saturated rings. The molecule has 3 aromatic carbocycles. The van der Waals surface area contributed by atoms with Crippen molar-refractivity contribution < 1.29 is 9.47 Å². The summed E-state index contributed by atoms with van der Waals surface area (Å²) in [5.41, 5.74) is 7.55. The number of hydrogen-bond donors (Lipinski definition) is 1. The van der Waals surface area contributed by atoms with E-state index >= 15 is 0 Å². The highest BCUT2D eigenvalue weighted by atomic mass is 16.5. The number of allylic oxidation sites excluding steroid dienone is 1. The Morgan fingerprint density at radius 2 is 1.71 bits per heavy atom. The van der Waals surface area contributed by atoms with E-state index in [0.717, 1.165) is 23.4 Å². The minimum Gasteiger partial charge on any atom is -0.493 e. The maximum atomic E-state index is 5.51. The van der Waals surface area contributed by atoms with Crippen molar-refractivity contribution in [1.29, 1.82) is 0 Å². The zero-order chi connectivity index (χ0) is 19.5. The van der Waals surface area contributed by atoms with Crippen LogP contribution in [-0.2, 0) is 6.42 Å². The van der Waals surface area contributed by atoms with Crippen LogP contribution in [0.3, 0.4) is 0 Å². The summed E-state index contributed by atoms with van der Waals surface area (Å²) >= 11 is 0. The minimum atomic E-state index is 0.236. The van der Waals surface area contributed by atoms with Crippen LogP contribution in [0.25, 0.3) is 16.8 Å². The molecule has 0 spiro atoms. The van der Waals surface area contributed by atoms with E-state index in [1.54, 1.807) is 14.2 Å². The predicted octanol–water partition coefficient (Wildman–Crippen LogP) is 4.81. The van der Waals surface area contributed by atoms with Crippen molar-refractivity contribution in [2.45, 2.75) is 19.4 Å². The number of nitrogens with zero attached hydrogens (tertiary/aromatic N) is 1. The fourth-order valence-electron chi connectivity index (χ4n) is 3.64. The van der Waals surface area contributed by atoms with Gasteiger partial charge in [0, 0.05) is 11.6 Å². The van der Waals surface area contributed by atoms with E-state index in [4.69, 9.17) is 9.47 Å². The Morgan fingerprint density at radius 1 is 0.964 bits per heavy atom. The summed E-state index contributed by atoms with van der Waals surface area (Å²) in [6.45, 7) is 2.13. The molecule has 0 bridgehead atoms. The van der Waals surface area contributed by atoms with Gasteiger partial charge in [0.1, 0.15) is 0 Å². The maximum Gasteiger partial charge on any atom is 0.161 e. The van der Waals surface area contributed by atoms with Gasteiger partial charge in [0.2, 0.25) is 0 Å². The Kier molecular flexibility index (Phi) is 5.02. The Hall–Kier alpha value is -3.27. The van der Waals surface area contributed by atoms with E-state index in [0.29, 0.717) is 5.75 Å². The lowest BCUT2D eigenvalue weighted by Gasteiger charge is -2.14. The Bertz CT molecular complexity index is 1060. The summed E-state index contributed by atoms with van der Waals surface area (Å²) in [5.74, 6) is 1.45. The van der Waals surface area contributed by atoms with Gasteiger partial charge in [-0.3, -0.25) is 0 Å². The average Bonchev–Trinajstić information content (AvgIpc) is 2.88. The van der Waals surface area contributed by atoms with E-state index in [2.05, 4.69) is 78.1 Å². The van der Waals surface area contributed by atoms with Crippen molar-refractivity contribution in [3.63, 3.8) is 0 Å². The first-order chi connectivity index (χ1) is 13.7. The van der Waals surface area contributed by atoms with Gasteiger partial charge in [0.15, 0.2) is 11.5 Å². The van der Waals surface area contributed by atoms with E-state index in [1.165, 1.54) is 21.9 Å². The summed E-state index contributed by atoms with van der Waals surface area (Å²) < 4.78 is 11.0. The van der Waals surface area contributed by atoms with Gasteiger partial charge in [0.25, 0.3) is 0 Å². The third-order valence-electron chi connectivity index (χ3n) is 5.06. The number of benzene rings is 3. The number of ether oxygens (including phenoxy) is 2. The molecular formula is C24H24N2O2. The van der Waals surface area contributed by atoms with Gasteiger partial charge in [-0.25, -0.2) is 0 Å². The highest BCUT2D eigenvalue weighted by molar-refractivity contribution is 6.12. The van der Waals surface area contributed by atoms with E-state index in [9.17, 15) is 0 Å². The third kappa shape index (κ3) is 3.46. The average molecular weight is 372 g/mol. The van der Waals surface area contributed by atoms with Crippen molar-refractivity contribution in [3.8, 4) is 11.5 Å². The largest absolute Gasteiger partial charge is 0.493 e. The van der Waals surface area contributed by atoms with Crippen molar-refractivity contribution in [2.24, 2.45) is 5.10 Å². The standard InChI is InChI=1S/C24H24N2O2/c1-16-13-19-14-23(27-2)24(28-3)15-21(19)22(26-25-16)12-11-18-9-6-8-17-7-4-5-10-20(17)18/h4-12,14-16,25H,13H2,1-3H3/b12-11+. The van der Waals surface area contributed by atoms with Gasteiger partial charge in [-0.1, -0.05) is 48.5 Å². The first kappa shape index (κ1) is 18.1. The molecule has 1 N–H and O–H groups in total. The zero-order valence-electron chi connectivity index (χ0n) is 16.4. The fraction of sp³-hybridized carbons (Fsp3) is 0.208. The molecule has 4 rings (SSSR count). The molecule has 4 heteroatoms. The molecule has 3 aromatic rings. The molecule has 1 atom stereocenters. The number of nitrogens with one attached hydrogen (secondary N) is 1. The highest BCUT2D eigenvalue weighted by Crippen LogP contribution is 2.32. The Morgan fingerprint density at radius 3 is 2.54 bits per heavy atom. The molecule has 0 saturated heterocycles. The maximum absolute atomic E-state index is 5.51. The summed E-state index contributed by atoms with van der Waals surface area (Å²) in [5, 5.41) is 7.11. The van der Waals surface area contributed by atoms with Crippen LogP contribution in [0.2, 0.25) is 0 Å². The monoisotopic (exact) mass is 372 g/mol. The van der Waals surface area contributed by atoms with Crippen molar-refractivity contribution >= 4 is 22.6 Å². The van der Waals surface area contributed by atoms with Crippen LogP contribution in [0, 0.1) is 0 Å².